The van der Waals surface area contributed by atoms with E-state index in [-0.39, 0.29) is 30.4 Å². The van der Waals surface area contributed by atoms with E-state index >= 15 is 0 Å². The lowest BCUT2D eigenvalue weighted by Crippen LogP contribution is -2.40. The maximum Gasteiger partial charge on any atom is 0.249 e. The molecule has 204 valence electrons. The number of hydrogen-bond donors (Lipinski definition) is 1. The van der Waals surface area contributed by atoms with E-state index in [0.717, 1.165) is 42.0 Å². The summed E-state index contributed by atoms with van der Waals surface area (Å²) in [5.41, 5.74) is 2.42. The molecule has 38 heavy (non-hydrogen) atoms. The number of ether oxygens (including phenoxy) is 2. The predicted molar refractivity (Wildman–Crippen MR) is 150 cm³/mol. The smallest absolute Gasteiger partial charge is 0.249 e. The number of hydrogen-bond acceptors (Lipinski definition) is 5. The number of rotatable bonds is 13. The number of carbonyl (C=O) groups excluding carboxylic acids is 2. The van der Waals surface area contributed by atoms with Crippen LogP contribution in [0.1, 0.15) is 58.2 Å². The summed E-state index contributed by atoms with van der Waals surface area (Å²) in [7, 11) is 1.62. The maximum atomic E-state index is 13.2. The molecule has 0 bridgehead atoms. The first-order valence-corrected chi connectivity index (χ1v) is 13.2. The van der Waals surface area contributed by atoms with Crippen molar-refractivity contribution in [2.45, 2.75) is 59.0 Å². The maximum absolute atomic E-state index is 13.2. The molecular weight excluding hydrogens is 480 g/mol. The Morgan fingerprint density at radius 1 is 1.03 bits per heavy atom. The summed E-state index contributed by atoms with van der Waals surface area (Å²) in [5, 5.41) is 7.75. The van der Waals surface area contributed by atoms with Crippen LogP contribution in [0.25, 0.3) is 5.69 Å². The molecule has 1 N–H and O–H groups in total. The number of methoxy groups -OCH3 is 1. The lowest BCUT2D eigenvalue weighted by atomic mass is 9.92. The first-order chi connectivity index (χ1) is 18.2. The molecule has 8 nitrogen and oxygen atoms in total. The highest BCUT2D eigenvalue weighted by molar-refractivity contribution is 5.94. The first-order valence-electron chi connectivity index (χ1n) is 13.2. The Morgan fingerprint density at radius 2 is 1.74 bits per heavy atom. The van der Waals surface area contributed by atoms with Gasteiger partial charge in [0.15, 0.2) is 0 Å². The molecule has 2 amide bonds. The van der Waals surface area contributed by atoms with E-state index in [1.165, 1.54) is 0 Å². The molecule has 0 radical (unpaired) electrons. The van der Waals surface area contributed by atoms with Crippen molar-refractivity contribution in [3.8, 4) is 11.4 Å². The van der Waals surface area contributed by atoms with E-state index in [2.05, 4.69) is 33.0 Å². The van der Waals surface area contributed by atoms with E-state index in [0.29, 0.717) is 19.0 Å². The monoisotopic (exact) mass is 520 g/mol. The van der Waals surface area contributed by atoms with E-state index in [1.54, 1.807) is 16.7 Å². The Balaban J connectivity index is 1.72. The quantitative estimate of drug-likeness (QED) is 0.307. The van der Waals surface area contributed by atoms with Crippen molar-refractivity contribution in [1.29, 1.82) is 0 Å². The third kappa shape index (κ3) is 8.45. The Labute approximate surface area is 225 Å². The second-order valence-corrected chi connectivity index (χ2v) is 10.3. The van der Waals surface area contributed by atoms with Gasteiger partial charge in [-0.25, -0.2) is 4.68 Å². The van der Waals surface area contributed by atoms with Crippen LogP contribution >= 0.6 is 0 Å². The summed E-state index contributed by atoms with van der Waals surface area (Å²) < 4.78 is 12.6. The van der Waals surface area contributed by atoms with Gasteiger partial charge in [-0.15, -0.1) is 0 Å². The summed E-state index contributed by atoms with van der Waals surface area (Å²) in [4.78, 5) is 27.8. The minimum absolute atomic E-state index is 0.0596. The molecule has 0 aliphatic carbocycles. The van der Waals surface area contributed by atoms with Crippen molar-refractivity contribution in [2.24, 2.45) is 0 Å². The number of unbranched alkanes of at least 4 members (excludes halogenated alkanes) is 2. The van der Waals surface area contributed by atoms with Gasteiger partial charge in [0.25, 0.3) is 0 Å². The van der Waals surface area contributed by atoms with E-state index in [4.69, 9.17) is 14.6 Å². The standard InChI is InChI=1S/C30H40N4O4/c1-6-7-11-18-33(29(36)22-38-21-23-12-9-8-10-13-23)20-28(35)31-27-19-26(30(2,3)4)32-34(27)24-14-16-25(37-5)17-15-24/h8-10,12-17,19H,6-7,11,18,20-22H2,1-5H3,(H,31,35). The second-order valence-electron chi connectivity index (χ2n) is 10.3. The molecule has 0 fully saturated rings. The van der Waals surface area contributed by atoms with E-state index in [9.17, 15) is 9.59 Å². The van der Waals surface area contributed by atoms with Crippen molar-refractivity contribution in [3.63, 3.8) is 0 Å². The van der Waals surface area contributed by atoms with Crippen LogP contribution in [-0.2, 0) is 26.3 Å². The van der Waals surface area contributed by atoms with Crippen molar-refractivity contribution < 1.29 is 19.1 Å². The number of aromatic nitrogens is 2. The molecule has 0 atom stereocenters. The molecule has 0 saturated carbocycles. The van der Waals surface area contributed by atoms with Crippen LogP contribution in [0.4, 0.5) is 5.82 Å². The molecule has 0 aliphatic heterocycles. The van der Waals surface area contributed by atoms with Gasteiger partial charge in [0, 0.05) is 18.0 Å². The molecule has 0 aliphatic rings. The van der Waals surface area contributed by atoms with Crippen LogP contribution < -0.4 is 10.1 Å². The van der Waals surface area contributed by atoms with Gasteiger partial charge in [-0.05, 0) is 36.2 Å². The van der Waals surface area contributed by atoms with Gasteiger partial charge in [-0.3, -0.25) is 9.59 Å². The first kappa shape index (κ1) is 28.9. The number of nitrogens with zero attached hydrogens (tertiary/aromatic N) is 3. The fourth-order valence-electron chi connectivity index (χ4n) is 3.88. The number of amides is 2. The molecule has 2 aromatic carbocycles. The van der Waals surface area contributed by atoms with Crippen molar-refractivity contribution in [1.82, 2.24) is 14.7 Å². The van der Waals surface area contributed by atoms with Gasteiger partial charge in [-0.1, -0.05) is 70.9 Å². The average Bonchev–Trinajstić information content (AvgIpc) is 3.33. The third-order valence-electron chi connectivity index (χ3n) is 6.12. The van der Waals surface area contributed by atoms with Gasteiger partial charge in [0.2, 0.25) is 11.8 Å². The van der Waals surface area contributed by atoms with Crippen LogP contribution in [0.3, 0.4) is 0 Å². The molecule has 0 saturated heterocycles. The van der Waals surface area contributed by atoms with Gasteiger partial charge in [0.1, 0.15) is 18.2 Å². The van der Waals surface area contributed by atoms with E-state index < -0.39 is 0 Å². The number of benzene rings is 2. The third-order valence-corrected chi connectivity index (χ3v) is 6.12. The van der Waals surface area contributed by atoms with Gasteiger partial charge >= 0.3 is 0 Å². The highest BCUT2D eigenvalue weighted by atomic mass is 16.5. The Kier molecular flexibility index (Phi) is 10.5. The normalized spacial score (nSPS) is 11.3. The highest BCUT2D eigenvalue weighted by Gasteiger charge is 2.23. The molecule has 1 aromatic heterocycles. The Bertz CT molecular complexity index is 1170. The zero-order valence-corrected chi connectivity index (χ0v) is 23.2. The summed E-state index contributed by atoms with van der Waals surface area (Å²) in [6.45, 7) is 9.03. The predicted octanol–water partition coefficient (Wildman–Crippen LogP) is 5.35. The van der Waals surface area contributed by atoms with Gasteiger partial charge in [0.05, 0.1) is 31.6 Å². The van der Waals surface area contributed by atoms with Crippen LogP contribution in [0, 0.1) is 0 Å². The van der Waals surface area contributed by atoms with Crippen molar-refractivity contribution >= 4 is 17.6 Å². The zero-order valence-electron chi connectivity index (χ0n) is 23.2. The van der Waals surface area contributed by atoms with Crippen LogP contribution in [0.2, 0.25) is 0 Å². The Morgan fingerprint density at radius 3 is 2.37 bits per heavy atom. The lowest BCUT2D eigenvalue weighted by Gasteiger charge is -2.22. The highest BCUT2D eigenvalue weighted by Crippen LogP contribution is 2.27. The minimum Gasteiger partial charge on any atom is -0.497 e. The molecule has 0 unspecified atom stereocenters. The van der Waals surface area contributed by atoms with Crippen LogP contribution in [0.15, 0.2) is 60.7 Å². The van der Waals surface area contributed by atoms with Gasteiger partial charge in [-0.2, -0.15) is 5.10 Å². The number of nitrogens with one attached hydrogen (secondary N) is 1. The average molecular weight is 521 g/mol. The number of carbonyl (C=O) groups is 2. The van der Waals surface area contributed by atoms with Gasteiger partial charge < -0.3 is 19.7 Å². The summed E-state index contributed by atoms with van der Waals surface area (Å²) in [6.07, 6.45) is 2.83. The van der Waals surface area contributed by atoms with Crippen molar-refractivity contribution in [2.75, 3.05) is 32.1 Å². The fourth-order valence-corrected chi connectivity index (χ4v) is 3.88. The summed E-state index contributed by atoms with van der Waals surface area (Å²) >= 11 is 0. The molecule has 3 aromatic rings. The Hall–Kier alpha value is -3.65. The largest absolute Gasteiger partial charge is 0.497 e. The SMILES string of the molecule is CCCCCN(CC(=O)Nc1cc(C(C)(C)C)nn1-c1ccc(OC)cc1)C(=O)COCc1ccccc1. The van der Waals surface area contributed by atoms with E-state index in [1.807, 2.05) is 60.7 Å². The molecule has 8 heteroatoms. The topological polar surface area (TPSA) is 85.7 Å². The molecular formula is C30H40N4O4. The second kappa shape index (κ2) is 13.8. The summed E-state index contributed by atoms with van der Waals surface area (Å²) in [5.74, 6) is 0.795. The summed E-state index contributed by atoms with van der Waals surface area (Å²) in [6, 6.07) is 19.1. The number of anilines is 1. The van der Waals surface area contributed by atoms with Crippen LogP contribution in [0.5, 0.6) is 5.75 Å². The molecule has 0 spiro atoms. The van der Waals surface area contributed by atoms with Crippen LogP contribution in [-0.4, -0.2) is 53.3 Å². The molecule has 1 heterocycles. The minimum atomic E-state index is -0.284. The fraction of sp³-hybridized carbons (Fsp3) is 0.433. The lowest BCUT2D eigenvalue weighted by molar-refractivity contribution is -0.139. The molecule has 3 rings (SSSR count). The van der Waals surface area contributed by atoms with Crippen molar-refractivity contribution in [3.05, 3.63) is 71.9 Å². The zero-order chi connectivity index (χ0) is 27.5.